The maximum atomic E-state index is 13.6. The van der Waals surface area contributed by atoms with Gasteiger partial charge in [-0.05, 0) is 13.0 Å². The molecule has 1 aliphatic heterocycles. The second-order valence-corrected chi connectivity index (χ2v) is 4.28. The predicted molar refractivity (Wildman–Crippen MR) is 62.1 cm³/mol. The fourth-order valence-corrected chi connectivity index (χ4v) is 1.91. The Hall–Kier alpha value is -1.69. The van der Waals surface area contributed by atoms with Gasteiger partial charge >= 0.3 is 0 Å². The van der Waals surface area contributed by atoms with E-state index >= 15 is 0 Å². The number of nitrogen functional groups attached to an aromatic ring is 1. The quantitative estimate of drug-likeness (QED) is 0.773. The van der Waals surface area contributed by atoms with Crippen molar-refractivity contribution in [2.24, 2.45) is 0 Å². The molecule has 1 heterocycles. The third-order valence-electron chi connectivity index (χ3n) is 2.95. The van der Waals surface area contributed by atoms with E-state index in [1.54, 1.807) is 0 Å². The van der Waals surface area contributed by atoms with Crippen LogP contribution >= 0.6 is 0 Å². The minimum Gasteiger partial charge on any atom is -0.396 e. The van der Waals surface area contributed by atoms with Crippen LogP contribution in [0.1, 0.15) is 17.3 Å². The molecule has 0 aromatic heterocycles. The van der Waals surface area contributed by atoms with Crippen molar-refractivity contribution in [1.29, 1.82) is 0 Å². The molecule has 4 nitrogen and oxygen atoms in total. The number of nitrogens with two attached hydrogens (primary N) is 1. The van der Waals surface area contributed by atoms with E-state index in [0.29, 0.717) is 25.8 Å². The van der Waals surface area contributed by atoms with Crippen LogP contribution in [0.4, 0.5) is 14.5 Å². The standard InChI is InChI=1S/C12H14F2N2O2/c1-7-6-18-3-2-16(7)12(17)8-4-11(15)10(14)5-9(8)13/h4-5,7H,2-3,6,15H2,1H3. The van der Waals surface area contributed by atoms with E-state index in [0.717, 1.165) is 6.07 Å². The third kappa shape index (κ3) is 2.28. The van der Waals surface area contributed by atoms with Crippen LogP contribution in [0.2, 0.25) is 0 Å². The molecule has 1 aromatic carbocycles. The van der Waals surface area contributed by atoms with Gasteiger partial charge in [-0.15, -0.1) is 0 Å². The maximum absolute atomic E-state index is 13.6. The first-order chi connectivity index (χ1) is 8.50. The van der Waals surface area contributed by atoms with Crippen molar-refractivity contribution in [3.63, 3.8) is 0 Å². The Kier molecular flexibility index (Phi) is 3.47. The Labute approximate surface area is 103 Å². The number of anilines is 1. The van der Waals surface area contributed by atoms with Gasteiger partial charge in [-0.3, -0.25) is 4.79 Å². The molecule has 2 rings (SSSR count). The van der Waals surface area contributed by atoms with Gasteiger partial charge in [-0.2, -0.15) is 0 Å². The number of benzene rings is 1. The lowest BCUT2D eigenvalue weighted by atomic mass is 10.1. The van der Waals surface area contributed by atoms with Crippen LogP contribution in [0.3, 0.4) is 0 Å². The molecular formula is C12H14F2N2O2. The van der Waals surface area contributed by atoms with Crippen molar-refractivity contribution in [1.82, 2.24) is 4.90 Å². The summed E-state index contributed by atoms with van der Waals surface area (Å²) in [6, 6.07) is 1.53. The maximum Gasteiger partial charge on any atom is 0.257 e. The number of hydrogen-bond acceptors (Lipinski definition) is 3. The summed E-state index contributed by atoms with van der Waals surface area (Å²) in [6.07, 6.45) is 0. The van der Waals surface area contributed by atoms with Crippen molar-refractivity contribution in [3.05, 3.63) is 29.3 Å². The van der Waals surface area contributed by atoms with Gasteiger partial charge < -0.3 is 15.4 Å². The van der Waals surface area contributed by atoms with Gasteiger partial charge in [0.15, 0.2) is 0 Å². The van der Waals surface area contributed by atoms with Crippen LogP contribution in [0, 0.1) is 11.6 Å². The highest BCUT2D eigenvalue weighted by atomic mass is 19.1. The zero-order valence-electron chi connectivity index (χ0n) is 9.95. The largest absolute Gasteiger partial charge is 0.396 e. The molecule has 0 radical (unpaired) electrons. The number of carbonyl (C=O) groups excluding carboxylic acids is 1. The lowest BCUT2D eigenvalue weighted by Gasteiger charge is -2.33. The average Bonchev–Trinajstić information content (AvgIpc) is 2.33. The Morgan fingerprint density at radius 2 is 2.17 bits per heavy atom. The molecule has 1 atom stereocenters. The molecule has 0 aliphatic carbocycles. The van der Waals surface area contributed by atoms with E-state index in [4.69, 9.17) is 10.5 Å². The molecule has 0 bridgehead atoms. The van der Waals surface area contributed by atoms with Gasteiger partial charge in [0.05, 0.1) is 30.5 Å². The van der Waals surface area contributed by atoms with E-state index in [-0.39, 0.29) is 17.3 Å². The fourth-order valence-electron chi connectivity index (χ4n) is 1.91. The summed E-state index contributed by atoms with van der Waals surface area (Å²) in [5.74, 6) is -2.25. The van der Waals surface area contributed by atoms with E-state index in [1.165, 1.54) is 4.90 Å². The lowest BCUT2D eigenvalue weighted by molar-refractivity contribution is 0.00335. The minimum atomic E-state index is -0.898. The average molecular weight is 256 g/mol. The highest BCUT2D eigenvalue weighted by Crippen LogP contribution is 2.20. The number of nitrogens with zero attached hydrogens (tertiary/aromatic N) is 1. The Morgan fingerprint density at radius 3 is 2.83 bits per heavy atom. The number of halogens is 2. The highest BCUT2D eigenvalue weighted by molar-refractivity contribution is 5.95. The van der Waals surface area contributed by atoms with E-state index < -0.39 is 17.5 Å². The smallest absolute Gasteiger partial charge is 0.257 e. The van der Waals surface area contributed by atoms with Gasteiger partial charge in [0.2, 0.25) is 0 Å². The minimum absolute atomic E-state index is 0.142. The summed E-state index contributed by atoms with van der Waals surface area (Å²) in [5.41, 5.74) is 4.91. The molecule has 2 N–H and O–H groups in total. The summed E-state index contributed by atoms with van der Waals surface area (Å²) in [6.45, 7) is 3.01. The molecule has 0 spiro atoms. The number of rotatable bonds is 1. The molecule has 98 valence electrons. The Morgan fingerprint density at radius 1 is 1.44 bits per heavy atom. The van der Waals surface area contributed by atoms with Gasteiger partial charge in [0.25, 0.3) is 5.91 Å². The third-order valence-corrected chi connectivity index (χ3v) is 2.95. The SMILES string of the molecule is CC1COCCN1C(=O)c1cc(N)c(F)cc1F. The van der Waals surface area contributed by atoms with Crippen LogP contribution in [0.25, 0.3) is 0 Å². The van der Waals surface area contributed by atoms with Crippen LogP contribution in [0.15, 0.2) is 12.1 Å². The molecular weight excluding hydrogens is 242 g/mol. The molecule has 0 saturated carbocycles. The molecule has 18 heavy (non-hydrogen) atoms. The van der Waals surface area contributed by atoms with E-state index in [9.17, 15) is 13.6 Å². The molecule has 1 saturated heterocycles. The first kappa shape index (κ1) is 12.8. The number of hydrogen-bond donors (Lipinski definition) is 1. The van der Waals surface area contributed by atoms with Crippen molar-refractivity contribution >= 4 is 11.6 Å². The number of carbonyl (C=O) groups is 1. The van der Waals surface area contributed by atoms with Crippen molar-refractivity contribution in [2.75, 3.05) is 25.5 Å². The molecule has 6 heteroatoms. The summed E-state index contributed by atoms with van der Waals surface area (Å²) in [4.78, 5) is 13.6. The lowest BCUT2D eigenvalue weighted by Crippen LogP contribution is -2.47. The Balaban J connectivity index is 2.30. The van der Waals surface area contributed by atoms with Gasteiger partial charge in [0, 0.05) is 12.6 Å². The second kappa shape index (κ2) is 4.89. The molecule has 1 unspecified atom stereocenters. The first-order valence-electron chi connectivity index (χ1n) is 5.64. The van der Waals surface area contributed by atoms with E-state index in [1.807, 2.05) is 6.92 Å². The molecule has 1 fully saturated rings. The van der Waals surface area contributed by atoms with Crippen molar-refractivity contribution in [2.45, 2.75) is 13.0 Å². The highest BCUT2D eigenvalue weighted by Gasteiger charge is 2.27. The summed E-state index contributed by atoms with van der Waals surface area (Å²) >= 11 is 0. The van der Waals surface area contributed by atoms with Crippen LogP contribution in [-0.2, 0) is 4.74 Å². The monoisotopic (exact) mass is 256 g/mol. The number of amides is 1. The van der Waals surface area contributed by atoms with Gasteiger partial charge in [0.1, 0.15) is 11.6 Å². The molecule has 1 aliphatic rings. The molecule has 1 aromatic rings. The van der Waals surface area contributed by atoms with Crippen LogP contribution in [0.5, 0.6) is 0 Å². The topological polar surface area (TPSA) is 55.6 Å². The van der Waals surface area contributed by atoms with Crippen LogP contribution in [-0.4, -0.2) is 36.6 Å². The number of morpholine rings is 1. The predicted octanol–water partition coefficient (Wildman–Crippen LogP) is 1.41. The van der Waals surface area contributed by atoms with Crippen molar-refractivity contribution < 1.29 is 18.3 Å². The molecule has 1 amide bonds. The van der Waals surface area contributed by atoms with Gasteiger partial charge in [-0.25, -0.2) is 8.78 Å². The van der Waals surface area contributed by atoms with Crippen LogP contribution < -0.4 is 5.73 Å². The van der Waals surface area contributed by atoms with Gasteiger partial charge in [-0.1, -0.05) is 0 Å². The Bertz CT molecular complexity index is 479. The summed E-state index contributed by atoms with van der Waals surface area (Å²) in [7, 11) is 0. The second-order valence-electron chi connectivity index (χ2n) is 4.28. The number of ether oxygens (including phenoxy) is 1. The van der Waals surface area contributed by atoms with E-state index in [2.05, 4.69) is 0 Å². The van der Waals surface area contributed by atoms with Crippen molar-refractivity contribution in [3.8, 4) is 0 Å². The zero-order chi connectivity index (χ0) is 13.3. The normalized spacial score (nSPS) is 19.9. The summed E-state index contributed by atoms with van der Waals surface area (Å²) in [5, 5.41) is 0. The zero-order valence-corrected chi connectivity index (χ0v) is 9.95. The first-order valence-corrected chi connectivity index (χ1v) is 5.64. The summed E-state index contributed by atoms with van der Waals surface area (Å²) < 4.78 is 31.8. The fraction of sp³-hybridized carbons (Fsp3) is 0.417.